The molecule has 0 fully saturated rings. The molecule has 0 aromatic carbocycles. The normalized spacial score (nSPS) is 15.5. The third-order valence-corrected chi connectivity index (χ3v) is 1.39. The number of esters is 1. The third-order valence-electron chi connectivity index (χ3n) is 1.39. The number of carbonyl (C=O) groups excluding carboxylic acids is 1. The van der Waals surface area contributed by atoms with E-state index in [-0.39, 0.29) is 0 Å². The van der Waals surface area contributed by atoms with Crippen molar-refractivity contribution in [1.82, 2.24) is 0 Å². The van der Waals surface area contributed by atoms with Crippen molar-refractivity contribution in [1.29, 1.82) is 0 Å². The first-order chi connectivity index (χ1) is 6.80. The summed E-state index contributed by atoms with van der Waals surface area (Å²) in [4.78, 5) is 10.6. The van der Waals surface area contributed by atoms with Gasteiger partial charge in [0.15, 0.2) is 0 Å². The molecule has 2 atom stereocenters. The summed E-state index contributed by atoms with van der Waals surface area (Å²) in [6.07, 6.45) is -8.94. The monoisotopic (exact) mass is 228 g/mol. The Kier molecular flexibility index (Phi) is 5.31. The zero-order chi connectivity index (χ0) is 12.1. The zero-order valence-electron chi connectivity index (χ0n) is 7.95. The number of rotatable bonds is 5. The highest BCUT2D eigenvalue weighted by atomic mass is 19.4. The van der Waals surface area contributed by atoms with Gasteiger partial charge < -0.3 is 14.6 Å². The van der Waals surface area contributed by atoms with Crippen LogP contribution < -0.4 is 0 Å². The van der Waals surface area contributed by atoms with Crippen LogP contribution in [0, 0.1) is 0 Å². The van der Waals surface area contributed by atoms with Crippen LogP contribution in [-0.4, -0.2) is 36.8 Å². The van der Waals surface area contributed by atoms with Gasteiger partial charge in [-0.25, -0.2) is 4.79 Å². The number of aliphatic hydroxyl groups is 1. The summed E-state index contributed by atoms with van der Waals surface area (Å²) in [5, 5.41) is 9.03. The van der Waals surface area contributed by atoms with Crippen LogP contribution >= 0.6 is 0 Å². The van der Waals surface area contributed by atoms with Gasteiger partial charge >= 0.3 is 12.1 Å². The molecule has 0 aromatic heterocycles. The van der Waals surface area contributed by atoms with Gasteiger partial charge in [-0.05, 0) is 0 Å². The van der Waals surface area contributed by atoms with Crippen molar-refractivity contribution in [3.8, 4) is 0 Å². The predicted molar refractivity (Wildman–Crippen MR) is 43.8 cm³/mol. The van der Waals surface area contributed by atoms with E-state index in [1.165, 1.54) is 0 Å². The van der Waals surface area contributed by atoms with E-state index in [1.807, 2.05) is 0 Å². The van der Waals surface area contributed by atoms with Gasteiger partial charge in [0.2, 0.25) is 6.29 Å². The molecule has 0 saturated heterocycles. The van der Waals surface area contributed by atoms with Gasteiger partial charge in [0, 0.05) is 13.2 Å². The van der Waals surface area contributed by atoms with Crippen LogP contribution in [0.1, 0.15) is 6.42 Å². The molecule has 0 saturated carbocycles. The minimum Gasteiger partial charge on any atom is -0.430 e. The average Bonchev–Trinajstić information content (AvgIpc) is 2.10. The Hall–Kier alpha value is -1.08. The minimum atomic E-state index is -4.56. The number of aliphatic hydroxyl groups excluding tert-OH is 1. The molecule has 0 aliphatic carbocycles. The lowest BCUT2D eigenvalue weighted by molar-refractivity contribution is -0.217. The van der Waals surface area contributed by atoms with Crippen molar-refractivity contribution in [2.75, 3.05) is 7.11 Å². The topological polar surface area (TPSA) is 55.8 Å². The largest absolute Gasteiger partial charge is 0.430 e. The Bertz CT molecular complexity index is 226. The van der Waals surface area contributed by atoms with Crippen molar-refractivity contribution in [3.05, 3.63) is 12.7 Å². The Morgan fingerprint density at radius 3 is 2.47 bits per heavy atom. The van der Waals surface area contributed by atoms with Gasteiger partial charge in [-0.3, -0.25) is 0 Å². The standard InChI is InChI=1S/C8H11F3O4/c1-3-6(13)15-7(14-2)5(12)4-8(9,10)11/h3,5,7,12H,1,4H2,2H3. The highest BCUT2D eigenvalue weighted by Crippen LogP contribution is 2.23. The molecule has 0 amide bonds. The van der Waals surface area contributed by atoms with Crippen molar-refractivity contribution in [2.45, 2.75) is 25.0 Å². The Morgan fingerprint density at radius 2 is 2.13 bits per heavy atom. The highest BCUT2D eigenvalue weighted by Gasteiger charge is 2.36. The molecule has 7 heteroatoms. The number of carbonyl (C=O) groups is 1. The fourth-order valence-electron chi connectivity index (χ4n) is 0.780. The number of hydrogen-bond acceptors (Lipinski definition) is 4. The Labute approximate surface area is 84.3 Å². The first kappa shape index (κ1) is 13.9. The molecule has 1 N–H and O–H groups in total. The first-order valence-corrected chi connectivity index (χ1v) is 3.91. The van der Waals surface area contributed by atoms with E-state index < -0.39 is 31.0 Å². The second-order valence-corrected chi connectivity index (χ2v) is 2.63. The van der Waals surface area contributed by atoms with Crippen molar-refractivity contribution in [3.63, 3.8) is 0 Å². The quantitative estimate of drug-likeness (QED) is 0.433. The maximum atomic E-state index is 11.8. The molecule has 0 aliphatic rings. The second-order valence-electron chi connectivity index (χ2n) is 2.63. The minimum absolute atomic E-state index is 0.756. The van der Waals surface area contributed by atoms with Gasteiger partial charge in [0.1, 0.15) is 6.10 Å². The van der Waals surface area contributed by atoms with Gasteiger partial charge in [-0.1, -0.05) is 6.58 Å². The van der Waals surface area contributed by atoms with Crippen LogP contribution in [0.15, 0.2) is 12.7 Å². The summed E-state index contributed by atoms with van der Waals surface area (Å²) in [6, 6.07) is 0. The Balaban J connectivity index is 4.27. The highest BCUT2D eigenvalue weighted by molar-refractivity contribution is 5.81. The summed E-state index contributed by atoms with van der Waals surface area (Å²) in [7, 11) is 1.01. The van der Waals surface area contributed by atoms with Crippen molar-refractivity contribution >= 4 is 5.97 Å². The molecule has 4 nitrogen and oxygen atoms in total. The molecule has 0 radical (unpaired) electrons. The smallest absolute Gasteiger partial charge is 0.391 e. The maximum absolute atomic E-state index is 11.8. The van der Waals surface area contributed by atoms with Gasteiger partial charge in [0.05, 0.1) is 6.42 Å². The number of hydrogen-bond donors (Lipinski definition) is 1. The molecule has 2 unspecified atom stereocenters. The summed E-state index contributed by atoms with van der Waals surface area (Å²) in [5.41, 5.74) is 0. The fourth-order valence-corrected chi connectivity index (χ4v) is 0.780. The number of alkyl halides is 3. The lowest BCUT2D eigenvalue weighted by Crippen LogP contribution is -2.36. The van der Waals surface area contributed by atoms with Crippen LogP contribution in [0.2, 0.25) is 0 Å². The van der Waals surface area contributed by atoms with Crippen LogP contribution in [0.4, 0.5) is 13.2 Å². The summed E-state index contributed by atoms with van der Waals surface area (Å²) < 4.78 is 44.3. The van der Waals surface area contributed by atoms with Crippen LogP contribution in [0.25, 0.3) is 0 Å². The predicted octanol–water partition coefficient (Wildman–Crippen LogP) is 1.00. The molecule has 15 heavy (non-hydrogen) atoms. The van der Waals surface area contributed by atoms with Crippen molar-refractivity contribution in [2.24, 2.45) is 0 Å². The molecule has 0 aromatic rings. The molecule has 88 valence electrons. The summed E-state index contributed by atoms with van der Waals surface area (Å²) >= 11 is 0. The molecule has 0 rings (SSSR count). The van der Waals surface area contributed by atoms with Crippen molar-refractivity contribution < 1.29 is 32.5 Å². The van der Waals surface area contributed by atoms with Gasteiger partial charge in [-0.2, -0.15) is 13.2 Å². The number of ether oxygens (including phenoxy) is 2. The van der Waals surface area contributed by atoms with E-state index in [0.29, 0.717) is 0 Å². The molecule has 0 heterocycles. The molecular weight excluding hydrogens is 217 g/mol. The number of halogens is 3. The molecule has 0 bridgehead atoms. The third kappa shape index (κ3) is 6.08. The lowest BCUT2D eigenvalue weighted by atomic mass is 10.2. The molecular formula is C8H11F3O4. The fraction of sp³-hybridized carbons (Fsp3) is 0.625. The van der Waals surface area contributed by atoms with Gasteiger partial charge in [0.25, 0.3) is 0 Å². The summed E-state index contributed by atoms with van der Waals surface area (Å²) in [6.45, 7) is 3.05. The van der Waals surface area contributed by atoms with Crippen LogP contribution in [-0.2, 0) is 14.3 Å². The van der Waals surface area contributed by atoms with Crippen LogP contribution in [0.3, 0.4) is 0 Å². The van der Waals surface area contributed by atoms with E-state index in [2.05, 4.69) is 16.1 Å². The van der Waals surface area contributed by atoms with E-state index in [4.69, 9.17) is 5.11 Å². The SMILES string of the molecule is C=CC(=O)OC(OC)C(O)CC(F)(F)F. The summed E-state index contributed by atoms with van der Waals surface area (Å²) in [5.74, 6) is -0.969. The van der Waals surface area contributed by atoms with Crippen LogP contribution in [0.5, 0.6) is 0 Å². The zero-order valence-corrected chi connectivity index (χ0v) is 7.95. The number of methoxy groups -OCH3 is 1. The molecule has 0 spiro atoms. The molecule has 0 aliphatic heterocycles. The van der Waals surface area contributed by atoms with E-state index in [1.54, 1.807) is 0 Å². The average molecular weight is 228 g/mol. The Morgan fingerprint density at radius 1 is 1.60 bits per heavy atom. The maximum Gasteiger partial charge on any atom is 0.391 e. The van der Waals surface area contributed by atoms with Gasteiger partial charge in [-0.15, -0.1) is 0 Å². The van der Waals surface area contributed by atoms with E-state index >= 15 is 0 Å². The first-order valence-electron chi connectivity index (χ1n) is 3.91. The second kappa shape index (κ2) is 5.72. The van der Waals surface area contributed by atoms with E-state index in [0.717, 1.165) is 13.2 Å². The lowest BCUT2D eigenvalue weighted by Gasteiger charge is -2.21. The van der Waals surface area contributed by atoms with E-state index in [9.17, 15) is 18.0 Å².